The SMILES string of the molecule is COc1cc(C(=O)N[C@@H]2CCN(C(=O)CCN3CCN(c4cccc5c4C(=O)N(C4CCC(=O)NC4=O)C5=O)CC3)C2)c(F)cc1Nc1ncc2c(n1)N(C1CCCC1)CC(F)(F)C(=O)N2C. The number of piperazine rings is 1. The van der Waals surface area contributed by atoms with Crippen LogP contribution in [0.3, 0.4) is 0 Å². The van der Waals surface area contributed by atoms with E-state index in [1.165, 1.54) is 31.3 Å². The molecule has 1 aliphatic carbocycles. The summed E-state index contributed by atoms with van der Waals surface area (Å²) in [6.07, 6.45) is 5.07. The quantitative estimate of drug-likeness (QED) is 0.236. The second-order valence-electron chi connectivity index (χ2n) is 17.7. The normalized spacial score (nSPS) is 22.2. The van der Waals surface area contributed by atoms with E-state index >= 15 is 13.2 Å². The summed E-state index contributed by atoms with van der Waals surface area (Å²) in [4.78, 5) is 109. The van der Waals surface area contributed by atoms with Gasteiger partial charge in [0, 0.05) is 83.9 Å². The number of methoxy groups -OCH3 is 1. The topological polar surface area (TPSA) is 210 Å². The van der Waals surface area contributed by atoms with Gasteiger partial charge in [0.15, 0.2) is 5.82 Å². The Bertz CT molecular complexity index is 2550. The first-order valence-electron chi connectivity index (χ1n) is 22.5. The predicted octanol–water partition coefficient (Wildman–Crippen LogP) is 2.67. The average molecular weight is 930 g/mol. The van der Waals surface area contributed by atoms with Gasteiger partial charge in [0.25, 0.3) is 23.6 Å². The van der Waals surface area contributed by atoms with Crippen molar-refractivity contribution in [2.24, 2.45) is 0 Å². The lowest BCUT2D eigenvalue weighted by atomic mass is 10.0. The summed E-state index contributed by atoms with van der Waals surface area (Å²) in [6, 6.07) is 5.56. The number of rotatable bonds is 11. The Morgan fingerprint density at radius 1 is 0.955 bits per heavy atom. The maximum absolute atomic E-state index is 15.7. The zero-order valence-electron chi connectivity index (χ0n) is 37.0. The van der Waals surface area contributed by atoms with E-state index in [0.29, 0.717) is 64.2 Å². The number of benzene rings is 2. The molecule has 6 aliphatic rings. The minimum atomic E-state index is -3.66. The Morgan fingerprint density at radius 2 is 1.72 bits per heavy atom. The standard InChI is InChI=1S/C45H50F3N11O8/c1-54-33-22-49-44(53-38(33)58(26-6-3-4-7-26)24-45(47,48)43(54)66)51-30-21-29(46)28(20-34(30)67-2)39(62)50-25-12-15-57(23-25)36(61)13-14-55-16-18-56(19-17-55)31-9-5-8-27-37(31)42(65)59(41(27)64)32-10-11-35(60)52-40(32)63/h5,8-9,20-22,25-26,32H,3-4,6-7,10-19,23-24H2,1-2H3,(H,50,62)(H,49,51,53)(H,52,60,63)/t25-,32?/m1/s1. The van der Waals surface area contributed by atoms with Crippen LogP contribution in [0, 0.1) is 5.82 Å². The Labute approximate surface area is 382 Å². The molecule has 3 saturated heterocycles. The lowest BCUT2D eigenvalue weighted by Crippen LogP contribution is -2.54. The molecule has 2 atom stereocenters. The van der Waals surface area contributed by atoms with Gasteiger partial charge in [-0.3, -0.25) is 48.7 Å². The summed E-state index contributed by atoms with van der Waals surface area (Å²) >= 11 is 0. The summed E-state index contributed by atoms with van der Waals surface area (Å²) in [6.45, 7) is 2.47. The van der Waals surface area contributed by atoms with Gasteiger partial charge in [-0.15, -0.1) is 0 Å². The van der Waals surface area contributed by atoms with Crippen LogP contribution in [-0.2, 0) is 19.2 Å². The molecule has 1 aromatic heterocycles. The number of aromatic nitrogens is 2. The number of fused-ring (bicyclic) bond motifs is 2. The van der Waals surface area contributed by atoms with Crippen LogP contribution in [0.15, 0.2) is 36.5 Å². The van der Waals surface area contributed by atoms with Crippen molar-refractivity contribution in [2.75, 3.05) is 86.5 Å². The molecule has 3 aromatic rings. The highest BCUT2D eigenvalue weighted by atomic mass is 19.3. The molecule has 7 amide bonds. The van der Waals surface area contributed by atoms with Gasteiger partial charge in [0.2, 0.25) is 23.7 Å². The molecule has 3 N–H and O–H groups in total. The highest BCUT2D eigenvalue weighted by molar-refractivity contribution is 6.25. The number of amides is 7. The molecule has 0 bridgehead atoms. The Balaban J connectivity index is 0.775. The van der Waals surface area contributed by atoms with Gasteiger partial charge >= 0.3 is 5.92 Å². The van der Waals surface area contributed by atoms with Gasteiger partial charge < -0.3 is 35.0 Å². The van der Waals surface area contributed by atoms with Crippen molar-refractivity contribution in [3.05, 3.63) is 59.0 Å². The van der Waals surface area contributed by atoms with E-state index in [4.69, 9.17) is 4.74 Å². The molecule has 354 valence electrons. The molecule has 6 heterocycles. The number of ether oxygens (including phenoxy) is 1. The lowest BCUT2D eigenvalue weighted by molar-refractivity contribution is -0.140. The van der Waals surface area contributed by atoms with Gasteiger partial charge in [0.1, 0.15) is 23.3 Å². The number of hydrogen-bond acceptors (Lipinski definition) is 14. The molecule has 9 rings (SSSR count). The number of imide groups is 2. The summed E-state index contributed by atoms with van der Waals surface area (Å²) < 4.78 is 51.3. The molecule has 1 unspecified atom stereocenters. The first-order valence-corrected chi connectivity index (χ1v) is 22.5. The summed E-state index contributed by atoms with van der Waals surface area (Å²) in [5.74, 6) is -8.80. The van der Waals surface area contributed by atoms with Crippen molar-refractivity contribution in [2.45, 2.75) is 75.4 Å². The van der Waals surface area contributed by atoms with Crippen LogP contribution >= 0.6 is 0 Å². The monoisotopic (exact) mass is 929 g/mol. The Kier molecular flexibility index (Phi) is 12.2. The maximum Gasteiger partial charge on any atom is 0.342 e. The largest absolute Gasteiger partial charge is 0.495 e. The highest BCUT2D eigenvalue weighted by Gasteiger charge is 2.49. The number of likely N-dealkylation sites (tertiary alicyclic amines) is 1. The van der Waals surface area contributed by atoms with E-state index < -0.39 is 65.8 Å². The first kappa shape index (κ1) is 45.3. The second-order valence-corrected chi connectivity index (χ2v) is 17.7. The molecule has 4 fully saturated rings. The van der Waals surface area contributed by atoms with Gasteiger partial charge in [-0.05, 0) is 43.9 Å². The smallest absolute Gasteiger partial charge is 0.342 e. The van der Waals surface area contributed by atoms with E-state index in [9.17, 15) is 33.6 Å². The maximum atomic E-state index is 15.7. The molecular weight excluding hydrogens is 880 g/mol. The van der Waals surface area contributed by atoms with Crippen molar-refractivity contribution >= 4 is 70.2 Å². The average Bonchev–Trinajstić information content (AvgIpc) is 4.07. The van der Waals surface area contributed by atoms with Gasteiger partial charge in [-0.1, -0.05) is 18.9 Å². The van der Waals surface area contributed by atoms with Gasteiger partial charge in [0.05, 0.1) is 47.9 Å². The predicted molar refractivity (Wildman–Crippen MR) is 235 cm³/mol. The van der Waals surface area contributed by atoms with E-state index in [1.54, 1.807) is 23.1 Å². The number of carbonyl (C=O) groups excluding carboxylic acids is 7. The van der Waals surface area contributed by atoms with Crippen molar-refractivity contribution in [3.8, 4) is 5.75 Å². The minimum Gasteiger partial charge on any atom is -0.495 e. The summed E-state index contributed by atoms with van der Waals surface area (Å²) in [5.41, 5.74) is 0.922. The van der Waals surface area contributed by atoms with Gasteiger partial charge in [-0.25, -0.2) is 9.37 Å². The fourth-order valence-electron chi connectivity index (χ4n) is 9.97. The molecule has 19 nitrogen and oxygen atoms in total. The van der Waals surface area contributed by atoms with Crippen molar-refractivity contribution < 1.29 is 51.5 Å². The number of nitrogens with zero attached hydrogens (tertiary/aromatic N) is 8. The first-order chi connectivity index (χ1) is 32.1. The zero-order valence-corrected chi connectivity index (χ0v) is 37.0. The van der Waals surface area contributed by atoms with Crippen molar-refractivity contribution in [3.63, 3.8) is 0 Å². The van der Waals surface area contributed by atoms with Crippen molar-refractivity contribution in [1.29, 1.82) is 0 Å². The third-order valence-electron chi connectivity index (χ3n) is 13.6. The zero-order chi connectivity index (χ0) is 47.3. The number of alkyl halides is 2. The lowest BCUT2D eigenvalue weighted by Gasteiger charge is -2.37. The van der Waals surface area contributed by atoms with E-state index in [-0.39, 0.29) is 83.3 Å². The molecule has 67 heavy (non-hydrogen) atoms. The second kappa shape index (κ2) is 18.1. The minimum absolute atomic E-state index is 0.0294. The Hall–Kier alpha value is -6.84. The van der Waals surface area contributed by atoms with E-state index in [2.05, 4.69) is 30.8 Å². The van der Waals surface area contributed by atoms with Crippen molar-refractivity contribution in [1.82, 2.24) is 35.3 Å². The van der Waals surface area contributed by atoms with Crippen LogP contribution in [0.4, 0.5) is 42.0 Å². The van der Waals surface area contributed by atoms with Gasteiger partial charge in [-0.2, -0.15) is 13.8 Å². The summed E-state index contributed by atoms with van der Waals surface area (Å²) in [5, 5.41) is 7.94. The number of piperidine rings is 1. The molecule has 1 saturated carbocycles. The molecular formula is C45H50F3N11O8. The third-order valence-corrected chi connectivity index (χ3v) is 13.6. The molecule has 2 aromatic carbocycles. The van der Waals surface area contributed by atoms with E-state index in [1.807, 2.05) is 4.90 Å². The Morgan fingerprint density at radius 3 is 2.45 bits per heavy atom. The van der Waals surface area contributed by atoms with Crippen LogP contribution in [0.5, 0.6) is 5.75 Å². The van der Waals surface area contributed by atoms with Crippen LogP contribution in [-0.4, -0.2) is 157 Å². The molecule has 5 aliphatic heterocycles. The van der Waals surface area contributed by atoms with Crippen LogP contribution < -0.4 is 35.4 Å². The van der Waals surface area contributed by atoms with Crippen LogP contribution in [0.2, 0.25) is 0 Å². The van der Waals surface area contributed by atoms with Crippen LogP contribution in [0.25, 0.3) is 0 Å². The number of nitrogens with one attached hydrogen (secondary N) is 3. The summed E-state index contributed by atoms with van der Waals surface area (Å²) in [7, 11) is 2.58. The molecule has 22 heteroatoms. The number of halogens is 3. The van der Waals surface area contributed by atoms with E-state index in [0.717, 1.165) is 28.7 Å². The fraction of sp³-hybridized carbons (Fsp3) is 0.489. The van der Waals surface area contributed by atoms with Crippen LogP contribution in [0.1, 0.15) is 82.4 Å². The number of anilines is 5. The fourth-order valence-corrected chi connectivity index (χ4v) is 9.97. The number of hydrogen-bond donors (Lipinski definition) is 3. The molecule has 0 radical (unpaired) electrons. The number of carbonyl (C=O) groups is 7. The molecule has 0 spiro atoms. The third kappa shape index (κ3) is 8.69. The highest BCUT2D eigenvalue weighted by Crippen LogP contribution is 2.41.